The molecule has 6 heteroatoms. The van der Waals surface area contributed by atoms with E-state index in [1.807, 2.05) is 54.8 Å². The van der Waals surface area contributed by atoms with Gasteiger partial charge in [-0.15, -0.1) is 10.2 Å². The molecule has 0 amide bonds. The van der Waals surface area contributed by atoms with E-state index in [9.17, 15) is 4.79 Å². The van der Waals surface area contributed by atoms with E-state index < -0.39 is 12.1 Å². The Morgan fingerprint density at radius 1 is 1.17 bits per heavy atom. The summed E-state index contributed by atoms with van der Waals surface area (Å²) in [5.74, 6) is 0.321. The number of hydrogen-bond acceptors (Lipinski definition) is 5. The number of para-hydroxylation sites is 1. The van der Waals surface area contributed by atoms with Crippen LogP contribution in [0.5, 0.6) is 0 Å². The zero-order chi connectivity index (χ0) is 17.3. The van der Waals surface area contributed by atoms with Crippen molar-refractivity contribution in [3.8, 4) is 5.69 Å². The molecule has 0 saturated carbocycles. The molecular weight excluding hydrogens is 306 g/mol. The van der Waals surface area contributed by atoms with Crippen molar-refractivity contribution in [3.63, 3.8) is 0 Å². The van der Waals surface area contributed by atoms with Crippen LogP contribution in [0.15, 0.2) is 40.8 Å². The molecule has 0 bridgehead atoms. The van der Waals surface area contributed by atoms with Gasteiger partial charge in [-0.2, -0.15) is 0 Å². The number of hydrogen-bond donors (Lipinski definition) is 0. The van der Waals surface area contributed by atoms with Gasteiger partial charge in [0.25, 0.3) is 5.89 Å². The first kappa shape index (κ1) is 16.0. The van der Waals surface area contributed by atoms with Crippen LogP contribution in [0, 0.1) is 20.8 Å². The molecule has 0 aliphatic carbocycles. The van der Waals surface area contributed by atoms with Gasteiger partial charge in [-0.1, -0.05) is 18.2 Å². The monoisotopic (exact) mass is 325 g/mol. The van der Waals surface area contributed by atoms with E-state index in [2.05, 4.69) is 10.2 Å². The predicted octanol–water partition coefficient (Wildman–Crippen LogP) is 3.70. The standard InChI is InChI=1S/C18H19N3O3/c1-11-10-16(12(2)21(11)15-8-6-5-7-9-15)18(22)23-13(3)17-20-19-14(4)24-17/h5-10,13H,1-4H3/t13-/m0/s1. The number of nitrogens with zero attached hydrogens (tertiary/aromatic N) is 3. The molecule has 0 fully saturated rings. The normalized spacial score (nSPS) is 12.2. The molecule has 2 aromatic heterocycles. The molecule has 1 aromatic carbocycles. The van der Waals surface area contributed by atoms with E-state index in [1.54, 1.807) is 13.8 Å². The highest BCUT2D eigenvalue weighted by Crippen LogP contribution is 2.24. The van der Waals surface area contributed by atoms with Crippen LogP contribution in [0.1, 0.15) is 46.6 Å². The van der Waals surface area contributed by atoms with Crippen LogP contribution >= 0.6 is 0 Å². The van der Waals surface area contributed by atoms with Gasteiger partial charge in [0.2, 0.25) is 5.89 Å². The third-order valence-corrected chi connectivity index (χ3v) is 3.84. The lowest BCUT2D eigenvalue weighted by atomic mass is 10.2. The van der Waals surface area contributed by atoms with Gasteiger partial charge < -0.3 is 13.7 Å². The van der Waals surface area contributed by atoms with Gasteiger partial charge in [0.1, 0.15) is 0 Å². The van der Waals surface area contributed by atoms with Crippen LogP contribution in [0.25, 0.3) is 5.69 Å². The third-order valence-electron chi connectivity index (χ3n) is 3.84. The van der Waals surface area contributed by atoms with Crippen molar-refractivity contribution >= 4 is 5.97 Å². The molecule has 0 aliphatic heterocycles. The minimum atomic E-state index is -0.599. The van der Waals surface area contributed by atoms with Crippen LogP contribution < -0.4 is 0 Å². The summed E-state index contributed by atoms with van der Waals surface area (Å²) in [4.78, 5) is 12.5. The Labute approximate surface area is 140 Å². The predicted molar refractivity (Wildman–Crippen MR) is 88.1 cm³/mol. The van der Waals surface area contributed by atoms with Crippen molar-refractivity contribution in [3.05, 3.63) is 65.1 Å². The lowest BCUT2D eigenvalue weighted by Gasteiger charge is -2.11. The molecule has 0 spiro atoms. The van der Waals surface area contributed by atoms with Crippen LogP contribution in [0.4, 0.5) is 0 Å². The highest BCUT2D eigenvalue weighted by molar-refractivity contribution is 5.91. The number of ether oxygens (including phenoxy) is 1. The number of rotatable bonds is 4. The van der Waals surface area contributed by atoms with Gasteiger partial charge in [0.15, 0.2) is 6.10 Å². The summed E-state index contributed by atoms with van der Waals surface area (Å²) in [5, 5.41) is 7.64. The second kappa shape index (κ2) is 6.31. The maximum atomic E-state index is 12.5. The molecule has 124 valence electrons. The van der Waals surface area contributed by atoms with Crippen LogP contribution in [0.3, 0.4) is 0 Å². The van der Waals surface area contributed by atoms with E-state index in [0.29, 0.717) is 11.5 Å². The zero-order valence-corrected chi connectivity index (χ0v) is 14.1. The molecule has 0 N–H and O–H groups in total. The van der Waals surface area contributed by atoms with E-state index in [0.717, 1.165) is 17.1 Å². The van der Waals surface area contributed by atoms with Gasteiger partial charge in [0, 0.05) is 24.0 Å². The quantitative estimate of drug-likeness (QED) is 0.684. The summed E-state index contributed by atoms with van der Waals surface area (Å²) < 4.78 is 12.8. The number of carbonyl (C=O) groups is 1. The van der Waals surface area contributed by atoms with E-state index in [1.165, 1.54) is 0 Å². The molecule has 3 rings (SSSR count). The Kier molecular flexibility index (Phi) is 4.20. The largest absolute Gasteiger partial charge is 0.449 e. The highest BCUT2D eigenvalue weighted by Gasteiger charge is 2.22. The number of benzene rings is 1. The van der Waals surface area contributed by atoms with Crippen molar-refractivity contribution in [2.24, 2.45) is 0 Å². The maximum absolute atomic E-state index is 12.5. The molecule has 24 heavy (non-hydrogen) atoms. The second-order valence-electron chi connectivity index (χ2n) is 5.66. The minimum absolute atomic E-state index is 0.290. The molecule has 0 aliphatic rings. The lowest BCUT2D eigenvalue weighted by molar-refractivity contribution is 0.0276. The van der Waals surface area contributed by atoms with Gasteiger partial charge >= 0.3 is 5.97 Å². The SMILES string of the molecule is Cc1nnc([C@H](C)OC(=O)c2cc(C)n(-c3ccccc3)c2C)o1. The van der Waals surface area contributed by atoms with Crippen molar-refractivity contribution in [2.45, 2.75) is 33.8 Å². The molecule has 2 heterocycles. The summed E-state index contributed by atoms with van der Waals surface area (Å²) in [6.45, 7) is 7.26. The molecular formula is C18H19N3O3. The molecule has 1 atom stereocenters. The van der Waals surface area contributed by atoms with Gasteiger partial charge in [0.05, 0.1) is 5.56 Å². The van der Waals surface area contributed by atoms with E-state index in [4.69, 9.17) is 9.15 Å². The van der Waals surface area contributed by atoms with Crippen LogP contribution in [-0.4, -0.2) is 20.7 Å². The number of aromatic nitrogens is 3. The molecule has 0 saturated heterocycles. The molecule has 6 nitrogen and oxygen atoms in total. The summed E-state index contributed by atoms with van der Waals surface area (Å²) >= 11 is 0. The van der Waals surface area contributed by atoms with E-state index >= 15 is 0 Å². The highest BCUT2D eigenvalue weighted by atomic mass is 16.6. The summed E-state index contributed by atoms with van der Waals surface area (Å²) in [7, 11) is 0. The fourth-order valence-corrected chi connectivity index (χ4v) is 2.69. The maximum Gasteiger partial charge on any atom is 0.340 e. The number of aryl methyl sites for hydroxylation is 2. The van der Waals surface area contributed by atoms with Crippen molar-refractivity contribution in [1.29, 1.82) is 0 Å². The van der Waals surface area contributed by atoms with E-state index in [-0.39, 0.29) is 5.89 Å². The zero-order valence-electron chi connectivity index (χ0n) is 14.1. The number of carbonyl (C=O) groups excluding carboxylic acids is 1. The lowest BCUT2D eigenvalue weighted by Crippen LogP contribution is -2.11. The van der Waals surface area contributed by atoms with Crippen molar-refractivity contribution in [1.82, 2.24) is 14.8 Å². The summed E-state index contributed by atoms with van der Waals surface area (Å²) in [6.07, 6.45) is -0.599. The number of esters is 1. The smallest absolute Gasteiger partial charge is 0.340 e. The molecule has 3 aromatic rings. The fraction of sp³-hybridized carbons (Fsp3) is 0.278. The van der Waals surface area contributed by atoms with Crippen LogP contribution in [-0.2, 0) is 4.74 Å². The third kappa shape index (κ3) is 2.95. The Bertz CT molecular complexity index is 865. The molecule has 0 unspecified atom stereocenters. The average Bonchev–Trinajstić information content (AvgIpc) is 3.12. The Morgan fingerprint density at radius 2 is 1.88 bits per heavy atom. The summed E-state index contributed by atoms with van der Waals surface area (Å²) in [5.41, 5.74) is 3.33. The van der Waals surface area contributed by atoms with Crippen molar-refractivity contribution in [2.75, 3.05) is 0 Å². The Morgan fingerprint density at radius 3 is 2.50 bits per heavy atom. The average molecular weight is 325 g/mol. The Hall–Kier alpha value is -2.89. The van der Waals surface area contributed by atoms with Crippen molar-refractivity contribution < 1.29 is 13.9 Å². The second-order valence-corrected chi connectivity index (χ2v) is 5.66. The van der Waals surface area contributed by atoms with Gasteiger partial charge in [-0.05, 0) is 39.0 Å². The van der Waals surface area contributed by atoms with Gasteiger partial charge in [-0.3, -0.25) is 0 Å². The molecule has 0 radical (unpaired) electrons. The Balaban J connectivity index is 1.86. The fourth-order valence-electron chi connectivity index (χ4n) is 2.69. The topological polar surface area (TPSA) is 70.2 Å². The van der Waals surface area contributed by atoms with Crippen LogP contribution in [0.2, 0.25) is 0 Å². The first-order valence-corrected chi connectivity index (χ1v) is 7.72. The van der Waals surface area contributed by atoms with Gasteiger partial charge in [-0.25, -0.2) is 4.79 Å². The summed E-state index contributed by atoms with van der Waals surface area (Å²) in [6, 6.07) is 11.7. The first-order chi connectivity index (χ1) is 11.5. The minimum Gasteiger partial charge on any atom is -0.449 e. The first-order valence-electron chi connectivity index (χ1n) is 7.72.